The lowest BCUT2D eigenvalue weighted by atomic mass is 10.1. The van der Waals surface area contributed by atoms with Gasteiger partial charge < -0.3 is 19.7 Å². The number of benzene rings is 3. The van der Waals surface area contributed by atoms with Gasteiger partial charge in [0.2, 0.25) is 11.8 Å². The van der Waals surface area contributed by atoms with Crippen LogP contribution in [0.3, 0.4) is 0 Å². The molecule has 0 bridgehead atoms. The summed E-state index contributed by atoms with van der Waals surface area (Å²) in [5, 5.41) is 3.39. The van der Waals surface area contributed by atoms with E-state index in [0.29, 0.717) is 29.2 Å². The van der Waals surface area contributed by atoms with E-state index in [1.165, 1.54) is 37.3 Å². The van der Waals surface area contributed by atoms with Crippen LogP contribution in [0, 0.1) is 6.92 Å². The molecule has 2 unspecified atom stereocenters. The quantitative estimate of drug-likeness (QED) is 0.250. The van der Waals surface area contributed by atoms with Crippen LogP contribution in [0.1, 0.15) is 44.7 Å². The first-order chi connectivity index (χ1) is 20.5. The van der Waals surface area contributed by atoms with Crippen molar-refractivity contribution < 1.29 is 27.5 Å². The van der Waals surface area contributed by atoms with Gasteiger partial charge in [0.15, 0.2) is 0 Å². The highest BCUT2D eigenvalue weighted by molar-refractivity contribution is 7.92. The number of aryl methyl sites for hydroxylation is 1. The van der Waals surface area contributed by atoms with E-state index in [1.807, 2.05) is 20.8 Å². The molecule has 3 aromatic carbocycles. The summed E-state index contributed by atoms with van der Waals surface area (Å²) in [6.45, 7) is 6.88. The van der Waals surface area contributed by atoms with Crippen molar-refractivity contribution in [2.24, 2.45) is 0 Å². The number of rotatable bonds is 14. The molecule has 0 aliphatic rings. The standard InChI is InChI=1S/C32H40ClN3O6S/c1-7-23(4)34-32(38)28(8-2)35(20-24-11-9-10-12-27(24)33)31(37)21-36(29-19-25(41-5)15-18-30(29)42-6)43(39,40)26-16-13-22(3)14-17-26/h9-19,23,28H,7-8,20-21H2,1-6H3,(H,34,38). The van der Waals surface area contributed by atoms with Crippen molar-refractivity contribution in [3.8, 4) is 11.5 Å². The zero-order chi connectivity index (χ0) is 31.7. The third-order valence-electron chi connectivity index (χ3n) is 7.23. The minimum absolute atomic E-state index is 0.00138. The van der Waals surface area contributed by atoms with Crippen molar-refractivity contribution in [2.75, 3.05) is 25.1 Å². The molecule has 0 saturated carbocycles. The van der Waals surface area contributed by atoms with E-state index in [-0.39, 0.29) is 34.8 Å². The van der Waals surface area contributed by atoms with Crippen LogP contribution in [0.2, 0.25) is 5.02 Å². The molecule has 232 valence electrons. The van der Waals surface area contributed by atoms with Gasteiger partial charge >= 0.3 is 0 Å². The molecule has 0 saturated heterocycles. The molecule has 1 N–H and O–H groups in total. The highest BCUT2D eigenvalue weighted by Gasteiger charge is 2.35. The molecule has 0 radical (unpaired) electrons. The van der Waals surface area contributed by atoms with Crippen LogP contribution in [-0.2, 0) is 26.2 Å². The van der Waals surface area contributed by atoms with Gasteiger partial charge in [0.1, 0.15) is 24.1 Å². The van der Waals surface area contributed by atoms with E-state index in [4.69, 9.17) is 21.1 Å². The average molecular weight is 630 g/mol. The van der Waals surface area contributed by atoms with Crippen LogP contribution in [0.5, 0.6) is 11.5 Å². The maximum absolute atomic E-state index is 14.3. The highest BCUT2D eigenvalue weighted by atomic mass is 35.5. The maximum Gasteiger partial charge on any atom is 0.264 e. The Morgan fingerprint density at radius 3 is 2.21 bits per heavy atom. The van der Waals surface area contributed by atoms with Gasteiger partial charge in [0.25, 0.3) is 10.0 Å². The summed E-state index contributed by atoms with van der Waals surface area (Å²) in [4.78, 5) is 29.1. The fourth-order valence-electron chi connectivity index (χ4n) is 4.51. The number of hydrogen-bond donors (Lipinski definition) is 1. The lowest BCUT2D eigenvalue weighted by Crippen LogP contribution is -2.53. The Labute approximate surface area is 259 Å². The van der Waals surface area contributed by atoms with Gasteiger partial charge in [0.05, 0.1) is 24.8 Å². The smallest absolute Gasteiger partial charge is 0.264 e. The number of nitrogens with zero attached hydrogens (tertiary/aromatic N) is 2. The van der Waals surface area contributed by atoms with Crippen LogP contribution in [0.15, 0.2) is 71.6 Å². The zero-order valence-electron chi connectivity index (χ0n) is 25.5. The summed E-state index contributed by atoms with van der Waals surface area (Å²) >= 11 is 6.47. The molecule has 0 fully saturated rings. The zero-order valence-corrected chi connectivity index (χ0v) is 27.0. The Kier molecular flexibility index (Phi) is 11.9. The first-order valence-electron chi connectivity index (χ1n) is 14.1. The fourth-order valence-corrected chi connectivity index (χ4v) is 6.13. The normalized spacial score (nSPS) is 12.6. The Morgan fingerprint density at radius 2 is 1.63 bits per heavy atom. The Hall–Kier alpha value is -3.76. The monoisotopic (exact) mass is 629 g/mol. The highest BCUT2D eigenvalue weighted by Crippen LogP contribution is 2.36. The molecule has 2 amide bonds. The van der Waals surface area contributed by atoms with Crippen molar-refractivity contribution in [3.05, 3.63) is 82.9 Å². The van der Waals surface area contributed by atoms with E-state index in [9.17, 15) is 18.0 Å². The third-order valence-corrected chi connectivity index (χ3v) is 9.37. The summed E-state index contributed by atoms with van der Waals surface area (Å²) in [7, 11) is -1.41. The summed E-state index contributed by atoms with van der Waals surface area (Å²) < 4.78 is 40.3. The summed E-state index contributed by atoms with van der Waals surface area (Å²) in [5.41, 5.74) is 1.62. The van der Waals surface area contributed by atoms with E-state index < -0.39 is 28.5 Å². The fraction of sp³-hybridized carbons (Fsp3) is 0.375. The SMILES string of the molecule is CCC(C)NC(=O)C(CC)N(Cc1ccccc1Cl)C(=O)CN(c1cc(OC)ccc1OC)S(=O)(=O)c1ccc(C)cc1. The van der Waals surface area contributed by atoms with Crippen molar-refractivity contribution in [2.45, 2.75) is 64.1 Å². The number of methoxy groups -OCH3 is 2. The van der Waals surface area contributed by atoms with Crippen molar-refractivity contribution >= 4 is 39.1 Å². The predicted molar refractivity (Wildman–Crippen MR) is 169 cm³/mol. The third kappa shape index (κ3) is 8.20. The van der Waals surface area contributed by atoms with E-state index in [0.717, 1.165) is 9.87 Å². The molecule has 0 aliphatic heterocycles. The largest absolute Gasteiger partial charge is 0.497 e. The van der Waals surface area contributed by atoms with Gasteiger partial charge in [-0.15, -0.1) is 0 Å². The summed E-state index contributed by atoms with van der Waals surface area (Å²) in [5.74, 6) is -0.320. The predicted octanol–water partition coefficient (Wildman–Crippen LogP) is 5.58. The molecule has 3 rings (SSSR count). The molecule has 11 heteroatoms. The number of anilines is 1. The molecule has 43 heavy (non-hydrogen) atoms. The number of carbonyl (C=O) groups is 2. The van der Waals surface area contributed by atoms with Crippen LogP contribution in [0.25, 0.3) is 0 Å². The number of sulfonamides is 1. The Balaban J connectivity index is 2.16. The average Bonchev–Trinajstić information content (AvgIpc) is 3.00. The molecule has 0 aliphatic carbocycles. The number of halogens is 1. The number of ether oxygens (including phenoxy) is 2. The van der Waals surface area contributed by atoms with Gasteiger partial charge in [0, 0.05) is 23.7 Å². The molecule has 3 aromatic rings. The first kappa shape index (κ1) is 33.7. The van der Waals surface area contributed by atoms with Crippen LogP contribution < -0.4 is 19.1 Å². The number of hydrogen-bond acceptors (Lipinski definition) is 6. The van der Waals surface area contributed by atoms with Crippen molar-refractivity contribution in [1.82, 2.24) is 10.2 Å². The Morgan fingerprint density at radius 1 is 0.953 bits per heavy atom. The van der Waals surface area contributed by atoms with Crippen LogP contribution in [-0.4, -0.2) is 58.0 Å². The second-order valence-corrected chi connectivity index (χ2v) is 12.5. The van der Waals surface area contributed by atoms with Crippen molar-refractivity contribution in [3.63, 3.8) is 0 Å². The van der Waals surface area contributed by atoms with Crippen LogP contribution >= 0.6 is 11.6 Å². The second-order valence-electron chi connectivity index (χ2n) is 10.2. The molecule has 9 nitrogen and oxygen atoms in total. The molecular weight excluding hydrogens is 590 g/mol. The number of nitrogens with one attached hydrogen (secondary N) is 1. The molecule has 2 atom stereocenters. The van der Waals surface area contributed by atoms with Gasteiger partial charge in [-0.05, 0) is 62.6 Å². The van der Waals surface area contributed by atoms with E-state index in [2.05, 4.69) is 5.32 Å². The minimum atomic E-state index is -4.29. The van der Waals surface area contributed by atoms with Crippen LogP contribution in [0.4, 0.5) is 5.69 Å². The van der Waals surface area contributed by atoms with E-state index >= 15 is 0 Å². The van der Waals surface area contributed by atoms with Gasteiger partial charge in [-0.3, -0.25) is 13.9 Å². The summed E-state index contributed by atoms with van der Waals surface area (Å²) in [6.07, 6.45) is 1.00. The summed E-state index contributed by atoms with van der Waals surface area (Å²) in [6, 6.07) is 17.1. The van der Waals surface area contributed by atoms with Gasteiger partial charge in [-0.25, -0.2) is 8.42 Å². The molecular formula is C32H40ClN3O6S. The number of amides is 2. The second kappa shape index (κ2) is 15.1. The number of carbonyl (C=O) groups excluding carboxylic acids is 2. The minimum Gasteiger partial charge on any atom is -0.497 e. The molecule has 0 spiro atoms. The molecule has 0 heterocycles. The maximum atomic E-state index is 14.3. The van der Waals surface area contributed by atoms with E-state index in [1.54, 1.807) is 55.5 Å². The lowest BCUT2D eigenvalue weighted by Gasteiger charge is -2.34. The lowest BCUT2D eigenvalue weighted by molar-refractivity contribution is -0.140. The van der Waals surface area contributed by atoms with Gasteiger partial charge in [-0.1, -0.05) is 61.3 Å². The Bertz CT molecular complexity index is 1510. The van der Waals surface area contributed by atoms with Crippen molar-refractivity contribution in [1.29, 1.82) is 0 Å². The first-order valence-corrected chi connectivity index (χ1v) is 15.9. The molecule has 0 aromatic heterocycles. The van der Waals surface area contributed by atoms with Gasteiger partial charge in [-0.2, -0.15) is 0 Å². The topological polar surface area (TPSA) is 105 Å².